The molecule has 2 saturated carbocycles. The van der Waals surface area contributed by atoms with Gasteiger partial charge in [0.1, 0.15) is 18.2 Å². The van der Waals surface area contributed by atoms with E-state index >= 15 is 4.39 Å². The summed E-state index contributed by atoms with van der Waals surface area (Å²) in [5, 5.41) is 0.0637. The molecule has 9 heteroatoms. The maximum Gasteiger partial charge on any atom is 0.343 e. The number of ether oxygens (including phenoxy) is 4. The fourth-order valence-corrected chi connectivity index (χ4v) is 6.40. The second kappa shape index (κ2) is 12.9. The average molecular weight is 614 g/mol. The first-order valence-corrected chi connectivity index (χ1v) is 15.3. The summed E-state index contributed by atoms with van der Waals surface area (Å²) in [7, 11) is 1.52. The van der Waals surface area contributed by atoms with Crippen molar-refractivity contribution in [3.8, 4) is 0 Å². The minimum atomic E-state index is -1.40. The molecule has 2 fully saturated rings. The molecule has 0 spiro atoms. The van der Waals surface area contributed by atoms with Crippen LogP contribution >= 0.6 is 0 Å². The fraction of sp³-hybridized carbons (Fsp3) is 0.361. The molecule has 0 aliphatic heterocycles. The average Bonchev–Trinajstić information content (AvgIpc) is 3.82. The van der Waals surface area contributed by atoms with Gasteiger partial charge in [-0.05, 0) is 62.3 Å². The second-order valence-corrected chi connectivity index (χ2v) is 11.7. The quantitative estimate of drug-likeness (QED) is 0.143. The van der Waals surface area contributed by atoms with Crippen LogP contribution < -0.4 is 5.43 Å². The molecule has 0 amide bonds. The van der Waals surface area contributed by atoms with Gasteiger partial charge in [0.25, 0.3) is 0 Å². The predicted octanol–water partition coefficient (Wildman–Crippen LogP) is 6.40. The lowest BCUT2D eigenvalue weighted by Crippen LogP contribution is -2.38. The van der Waals surface area contributed by atoms with Gasteiger partial charge in [-0.3, -0.25) is 9.59 Å². The van der Waals surface area contributed by atoms with E-state index in [4.69, 9.17) is 18.9 Å². The first-order chi connectivity index (χ1) is 21.9. The van der Waals surface area contributed by atoms with Crippen LogP contribution in [-0.2, 0) is 29.2 Å². The van der Waals surface area contributed by atoms with Crippen molar-refractivity contribution in [3.05, 3.63) is 117 Å². The Bertz CT molecular complexity index is 1710. The summed E-state index contributed by atoms with van der Waals surface area (Å²) in [6.07, 6.45) is 3.02. The maximum absolute atomic E-state index is 16.4. The summed E-state index contributed by atoms with van der Waals surface area (Å²) >= 11 is 0. The first-order valence-electron chi connectivity index (χ1n) is 15.3. The number of fused-ring (bicyclic) bond motifs is 1. The molecule has 2 aliphatic rings. The Morgan fingerprint density at radius 3 is 2.27 bits per heavy atom. The summed E-state index contributed by atoms with van der Waals surface area (Å²) < 4.78 is 40.7. The van der Waals surface area contributed by atoms with Crippen LogP contribution in [0.3, 0.4) is 0 Å². The monoisotopic (exact) mass is 613 g/mol. The normalized spacial score (nSPS) is 19.6. The van der Waals surface area contributed by atoms with Crippen molar-refractivity contribution in [3.63, 3.8) is 0 Å². The van der Waals surface area contributed by atoms with Gasteiger partial charge in [-0.15, -0.1) is 0 Å². The van der Waals surface area contributed by atoms with Crippen LogP contribution in [0, 0.1) is 5.82 Å². The van der Waals surface area contributed by atoms with Crippen molar-refractivity contribution >= 4 is 22.8 Å². The third-order valence-electron chi connectivity index (χ3n) is 8.78. The first kappa shape index (κ1) is 30.7. The summed E-state index contributed by atoms with van der Waals surface area (Å²) in [5.41, 5.74) is 0.0197. The lowest BCUT2D eigenvalue weighted by Gasteiger charge is -2.31. The molecule has 6 rings (SSSR count). The van der Waals surface area contributed by atoms with E-state index < -0.39 is 34.7 Å². The number of hydrogen-bond acceptors (Lipinski definition) is 7. The zero-order chi connectivity index (χ0) is 31.6. The van der Waals surface area contributed by atoms with Gasteiger partial charge < -0.3 is 23.5 Å². The van der Waals surface area contributed by atoms with Gasteiger partial charge in [-0.1, -0.05) is 60.7 Å². The van der Waals surface area contributed by atoms with Gasteiger partial charge >= 0.3 is 11.9 Å². The van der Waals surface area contributed by atoms with E-state index in [1.54, 1.807) is 13.0 Å². The van der Waals surface area contributed by atoms with Gasteiger partial charge in [0.05, 0.1) is 23.6 Å². The van der Waals surface area contributed by atoms with Crippen molar-refractivity contribution in [2.24, 2.45) is 0 Å². The SMILES string of the molecule is CCOC(=O)c1cn(C2CC2)c2cc(C3(C(=O)OC(c4ccccc4)c4ccccc4)CCC(OCOC)C3)c(F)cc2c1=O. The zero-order valence-electron chi connectivity index (χ0n) is 25.4. The molecule has 0 N–H and O–H groups in total. The Labute approximate surface area is 260 Å². The van der Waals surface area contributed by atoms with Crippen molar-refractivity contribution < 1.29 is 32.9 Å². The highest BCUT2D eigenvalue weighted by Crippen LogP contribution is 2.47. The molecule has 4 aromatic rings. The Balaban J connectivity index is 1.48. The summed E-state index contributed by atoms with van der Waals surface area (Å²) in [6.45, 7) is 1.80. The van der Waals surface area contributed by atoms with E-state index in [1.165, 1.54) is 13.3 Å². The highest BCUT2D eigenvalue weighted by atomic mass is 19.1. The van der Waals surface area contributed by atoms with Gasteiger partial charge in [0.15, 0.2) is 6.10 Å². The van der Waals surface area contributed by atoms with Crippen molar-refractivity contribution in [1.82, 2.24) is 4.57 Å². The topological polar surface area (TPSA) is 93.1 Å². The molecule has 0 saturated heterocycles. The van der Waals surface area contributed by atoms with Gasteiger partial charge in [-0.25, -0.2) is 9.18 Å². The number of carbonyl (C=O) groups is 2. The number of aromatic nitrogens is 1. The zero-order valence-corrected chi connectivity index (χ0v) is 25.4. The lowest BCUT2D eigenvalue weighted by atomic mass is 9.77. The molecule has 3 aromatic carbocycles. The van der Waals surface area contributed by atoms with Gasteiger partial charge in [0, 0.05) is 30.3 Å². The third-order valence-corrected chi connectivity index (χ3v) is 8.78. The molecule has 1 aromatic heterocycles. The molecule has 2 atom stereocenters. The van der Waals surface area contributed by atoms with Crippen LogP contribution in [0.5, 0.6) is 0 Å². The Morgan fingerprint density at radius 1 is 1.00 bits per heavy atom. The molecule has 8 nitrogen and oxygen atoms in total. The summed E-state index contributed by atoms with van der Waals surface area (Å²) in [5.74, 6) is -2.04. The van der Waals surface area contributed by atoms with Crippen LogP contribution in [0.25, 0.3) is 10.9 Å². The van der Waals surface area contributed by atoms with E-state index in [0.29, 0.717) is 11.9 Å². The van der Waals surface area contributed by atoms with E-state index in [-0.39, 0.29) is 54.9 Å². The standard InChI is InChI=1S/C36H36FNO7/c1-3-43-34(40)28-21-38(25-14-15-25)31-19-29(30(37)18-27(31)32(28)39)36(17-16-26(20-36)44-22-42-2)35(41)45-33(23-10-6-4-7-11-23)24-12-8-5-9-13-24/h4-13,18-19,21,25-26,33H,3,14-17,20,22H2,1-2H3. The van der Waals surface area contributed by atoms with E-state index in [9.17, 15) is 14.4 Å². The summed E-state index contributed by atoms with van der Waals surface area (Å²) in [4.78, 5) is 40.7. The number of nitrogens with zero attached hydrogens (tertiary/aromatic N) is 1. The van der Waals surface area contributed by atoms with Gasteiger partial charge in [-0.2, -0.15) is 0 Å². The van der Waals surface area contributed by atoms with E-state index in [1.807, 2.05) is 65.2 Å². The highest BCUT2D eigenvalue weighted by molar-refractivity contribution is 5.95. The molecule has 1 heterocycles. The summed E-state index contributed by atoms with van der Waals surface area (Å²) in [6, 6.07) is 21.7. The number of halogens is 1. The molecular formula is C36H36FNO7. The third kappa shape index (κ3) is 6.02. The van der Waals surface area contributed by atoms with Crippen LogP contribution in [0.1, 0.15) is 78.2 Å². The van der Waals surface area contributed by atoms with Crippen LogP contribution in [-0.4, -0.2) is 43.1 Å². The molecule has 0 bridgehead atoms. The second-order valence-electron chi connectivity index (χ2n) is 11.7. The van der Waals surface area contributed by atoms with Gasteiger partial charge in [0.2, 0.25) is 5.43 Å². The van der Waals surface area contributed by atoms with Crippen LogP contribution in [0.4, 0.5) is 4.39 Å². The number of methoxy groups -OCH3 is 1. The van der Waals surface area contributed by atoms with Crippen LogP contribution in [0.15, 0.2) is 83.8 Å². The van der Waals surface area contributed by atoms with Crippen molar-refractivity contribution in [2.75, 3.05) is 20.5 Å². The Kier molecular flexibility index (Phi) is 8.83. The molecule has 234 valence electrons. The molecular weight excluding hydrogens is 577 g/mol. The van der Waals surface area contributed by atoms with E-state index in [2.05, 4.69) is 0 Å². The smallest absolute Gasteiger partial charge is 0.343 e. The number of pyridine rings is 1. The largest absolute Gasteiger partial charge is 0.462 e. The van der Waals surface area contributed by atoms with Crippen molar-refractivity contribution in [2.45, 2.75) is 62.7 Å². The minimum absolute atomic E-state index is 0.0323. The molecule has 2 aliphatic carbocycles. The fourth-order valence-electron chi connectivity index (χ4n) is 6.40. The van der Waals surface area contributed by atoms with E-state index in [0.717, 1.165) is 30.0 Å². The predicted molar refractivity (Wildman–Crippen MR) is 165 cm³/mol. The Morgan fingerprint density at radius 2 is 1.67 bits per heavy atom. The lowest BCUT2D eigenvalue weighted by molar-refractivity contribution is -0.155. The highest BCUT2D eigenvalue weighted by Gasteiger charge is 2.51. The number of esters is 2. The minimum Gasteiger partial charge on any atom is -0.462 e. The number of benzene rings is 3. The maximum atomic E-state index is 16.4. The van der Waals surface area contributed by atoms with Crippen LogP contribution in [0.2, 0.25) is 0 Å². The molecule has 2 unspecified atom stereocenters. The molecule has 0 radical (unpaired) electrons. The number of carbonyl (C=O) groups excluding carboxylic acids is 2. The number of rotatable bonds is 11. The van der Waals surface area contributed by atoms with Crippen molar-refractivity contribution in [1.29, 1.82) is 0 Å². The Hall–Kier alpha value is -4.34. The molecule has 45 heavy (non-hydrogen) atoms. The number of hydrogen-bond donors (Lipinski definition) is 0.